The van der Waals surface area contributed by atoms with Crippen LogP contribution in [-0.2, 0) is 4.74 Å². The minimum Gasteiger partial charge on any atom is -0.464 e. The molecule has 0 radical (unpaired) electrons. The van der Waals surface area contributed by atoms with Crippen molar-refractivity contribution in [3.8, 4) is 11.3 Å². The Balaban J connectivity index is 2.39. The fourth-order valence-corrected chi connectivity index (χ4v) is 1.48. The molecule has 2 rings (SSSR count). The monoisotopic (exact) mass is 248 g/mol. The maximum Gasteiger partial charge on any atom is 0.356 e. The summed E-state index contributed by atoms with van der Waals surface area (Å²) in [6, 6.07) is 8.75. The average molecular weight is 249 g/mol. The summed E-state index contributed by atoms with van der Waals surface area (Å²) in [5.41, 5.74) is 1.74. The van der Waals surface area contributed by atoms with Crippen LogP contribution in [-0.4, -0.2) is 23.0 Å². The number of aromatic nitrogens is 2. The molecule has 0 aliphatic heterocycles. The number of carbonyl (C=O) groups excluding carboxylic acids is 1. The highest BCUT2D eigenvalue weighted by atomic mass is 35.5. The van der Waals surface area contributed by atoms with Crippen LogP contribution in [0.25, 0.3) is 11.3 Å². The summed E-state index contributed by atoms with van der Waals surface area (Å²) in [6.07, 6.45) is 1.33. The van der Waals surface area contributed by atoms with E-state index in [0.717, 1.165) is 5.56 Å². The number of methoxy groups -OCH3 is 1. The van der Waals surface area contributed by atoms with Crippen LogP contribution in [0.4, 0.5) is 0 Å². The Labute approximate surface area is 103 Å². The summed E-state index contributed by atoms with van der Waals surface area (Å²) >= 11 is 5.80. The van der Waals surface area contributed by atoms with Crippen molar-refractivity contribution in [1.29, 1.82) is 0 Å². The van der Waals surface area contributed by atoms with E-state index in [1.165, 1.54) is 13.4 Å². The predicted octanol–water partition coefficient (Wildman–Crippen LogP) is 2.58. The van der Waals surface area contributed by atoms with Gasteiger partial charge in [-0.2, -0.15) is 0 Å². The number of rotatable bonds is 2. The third kappa shape index (κ3) is 2.60. The van der Waals surface area contributed by atoms with E-state index in [2.05, 4.69) is 14.7 Å². The highest BCUT2D eigenvalue weighted by Gasteiger charge is 2.09. The standard InChI is InChI=1S/C12H9ClN2O2/c1-17-12(16)11-6-10(14-7-15-11)8-2-4-9(13)5-3-8/h2-7H,1H3. The normalized spacial score (nSPS) is 10.0. The average Bonchev–Trinajstić information content (AvgIpc) is 2.39. The summed E-state index contributed by atoms with van der Waals surface area (Å²) in [6.45, 7) is 0. The summed E-state index contributed by atoms with van der Waals surface area (Å²) in [5, 5.41) is 0.649. The Morgan fingerprint density at radius 2 is 1.94 bits per heavy atom. The van der Waals surface area contributed by atoms with Crippen molar-refractivity contribution >= 4 is 17.6 Å². The number of benzene rings is 1. The van der Waals surface area contributed by atoms with Crippen LogP contribution in [0.2, 0.25) is 5.02 Å². The van der Waals surface area contributed by atoms with Gasteiger partial charge in [0.05, 0.1) is 12.8 Å². The first kappa shape index (κ1) is 11.5. The van der Waals surface area contributed by atoms with Crippen molar-refractivity contribution in [2.24, 2.45) is 0 Å². The maximum atomic E-state index is 11.3. The van der Waals surface area contributed by atoms with Crippen LogP contribution in [0, 0.1) is 0 Å². The Kier molecular flexibility index (Phi) is 3.35. The van der Waals surface area contributed by atoms with E-state index >= 15 is 0 Å². The van der Waals surface area contributed by atoms with Gasteiger partial charge in [-0.05, 0) is 18.2 Å². The molecule has 4 nitrogen and oxygen atoms in total. The van der Waals surface area contributed by atoms with Gasteiger partial charge in [0.1, 0.15) is 6.33 Å². The van der Waals surface area contributed by atoms with Gasteiger partial charge in [-0.25, -0.2) is 14.8 Å². The molecular formula is C12H9ClN2O2. The molecule has 0 aliphatic rings. The molecule has 1 heterocycles. The fourth-order valence-electron chi connectivity index (χ4n) is 1.35. The first-order valence-electron chi connectivity index (χ1n) is 4.87. The molecule has 0 atom stereocenters. The molecular weight excluding hydrogens is 240 g/mol. The van der Waals surface area contributed by atoms with Gasteiger partial charge in [-0.15, -0.1) is 0 Å². The molecule has 2 aromatic rings. The Hall–Kier alpha value is -1.94. The molecule has 0 fully saturated rings. The van der Waals surface area contributed by atoms with Crippen molar-refractivity contribution in [3.05, 3.63) is 47.4 Å². The minimum absolute atomic E-state index is 0.229. The molecule has 1 aromatic carbocycles. The summed E-state index contributed by atoms with van der Waals surface area (Å²) in [7, 11) is 1.31. The van der Waals surface area contributed by atoms with Crippen molar-refractivity contribution < 1.29 is 9.53 Å². The first-order chi connectivity index (χ1) is 8.20. The molecule has 86 valence electrons. The topological polar surface area (TPSA) is 52.1 Å². The third-order valence-electron chi connectivity index (χ3n) is 2.20. The summed E-state index contributed by atoms with van der Waals surface area (Å²) < 4.78 is 4.60. The van der Waals surface area contributed by atoms with Crippen LogP contribution in [0.3, 0.4) is 0 Å². The largest absolute Gasteiger partial charge is 0.464 e. The lowest BCUT2D eigenvalue weighted by molar-refractivity contribution is 0.0594. The Morgan fingerprint density at radius 3 is 2.59 bits per heavy atom. The van der Waals surface area contributed by atoms with Gasteiger partial charge in [-0.1, -0.05) is 23.7 Å². The maximum absolute atomic E-state index is 11.3. The molecule has 0 saturated heterocycles. The van der Waals surface area contributed by atoms with E-state index in [1.807, 2.05) is 12.1 Å². The second kappa shape index (κ2) is 4.93. The van der Waals surface area contributed by atoms with Crippen molar-refractivity contribution in [2.75, 3.05) is 7.11 Å². The van der Waals surface area contributed by atoms with Crippen LogP contribution in [0.1, 0.15) is 10.5 Å². The highest BCUT2D eigenvalue weighted by molar-refractivity contribution is 6.30. The highest BCUT2D eigenvalue weighted by Crippen LogP contribution is 2.19. The molecule has 1 aromatic heterocycles. The van der Waals surface area contributed by atoms with Gasteiger partial charge in [0, 0.05) is 10.6 Å². The summed E-state index contributed by atoms with van der Waals surface area (Å²) in [4.78, 5) is 19.3. The van der Waals surface area contributed by atoms with E-state index in [0.29, 0.717) is 10.7 Å². The fraction of sp³-hybridized carbons (Fsp3) is 0.0833. The van der Waals surface area contributed by atoms with E-state index in [9.17, 15) is 4.79 Å². The molecule has 0 aliphatic carbocycles. The SMILES string of the molecule is COC(=O)c1cc(-c2ccc(Cl)cc2)ncn1. The van der Waals surface area contributed by atoms with E-state index in [1.54, 1.807) is 18.2 Å². The zero-order valence-electron chi connectivity index (χ0n) is 9.05. The van der Waals surface area contributed by atoms with E-state index in [4.69, 9.17) is 11.6 Å². The quantitative estimate of drug-likeness (QED) is 0.767. The zero-order chi connectivity index (χ0) is 12.3. The Bertz CT molecular complexity index is 540. The second-order valence-corrected chi connectivity index (χ2v) is 3.72. The van der Waals surface area contributed by atoms with Crippen molar-refractivity contribution in [1.82, 2.24) is 9.97 Å². The van der Waals surface area contributed by atoms with E-state index < -0.39 is 5.97 Å². The number of carbonyl (C=O) groups is 1. The number of esters is 1. The van der Waals surface area contributed by atoms with Gasteiger partial charge in [0.25, 0.3) is 0 Å². The van der Waals surface area contributed by atoms with E-state index in [-0.39, 0.29) is 5.69 Å². The predicted molar refractivity (Wildman–Crippen MR) is 63.8 cm³/mol. The lowest BCUT2D eigenvalue weighted by Gasteiger charge is -2.02. The molecule has 0 unspecified atom stereocenters. The van der Waals surface area contributed by atoms with Crippen LogP contribution >= 0.6 is 11.6 Å². The third-order valence-corrected chi connectivity index (χ3v) is 2.45. The smallest absolute Gasteiger partial charge is 0.356 e. The second-order valence-electron chi connectivity index (χ2n) is 3.29. The number of nitrogens with zero attached hydrogens (tertiary/aromatic N) is 2. The van der Waals surface area contributed by atoms with Crippen LogP contribution in [0.15, 0.2) is 36.7 Å². The van der Waals surface area contributed by atoms with Gasteiger partial charge in [-0.3, -0.25) is 0 Å². The molecule has 0 amide bonds. The van der Waals surface area contributed by atoms with Gasteiger partial charge >= 0.3 is 5.97 Å². The molecule has 0 bridgehead atoms. The van der Waals surface area contributed by atoms with Crippen molar-refractivity contribution in [3.63, 3.8) is 0 Å². The zero-order valence-corrected chi connectivity index (χ0v) is 9.81. The number of hydrogen-bond acceptors (Lipinski definition) is 4. The number of ether oxygens (including phenoxy) is 1. The van der Waals surface area contributed by atoms with Gasteiger partial charge < -0.3 is 4.74 Å². The Morgan fingerprint density at radius 1 is 1.24 bits per heavy atom. The molecule has 17 heavy (non-hydrogen) atoms. The lowest BCUT2D eigenvalue weighted by Crippen LogP contribution is -2.04. The van der Waals surface area contributed by atoms with Crippen LogP contribution < -0.4 is 0 Å². The molecule has 0 N–H and O–H groups in total. The molecule has 0 spiro atoms. The van der Waals surface area contributed by atoms with Gasteiger partial charge in [0.2, 0.25) is 0 Å². The molecule has 0 saturated carbocycles. The lowest BCUT2D eigenvalue weighted by atomic mass is 10.1. The molecule has 5 heteroatoms. The minimum atomic E-state index is -0.484. The summed E-state index contributed by atoms with van der Waals surface area (Å²) in [5.74, 6) is -0.484. The van der Waals surface area contributed by atoms with Crippen molar-refractivity contribution in [2.45, 2.75) is 0 Å². The first-order valence-corrected chi connectivity index (χ1v) is 5.25. The number of halogens is 1. The number of hydrogen-bond donors (Lipinski definition) is 0. The van der Waals surface area contributed by atoms with Crippen LogP contribution in [0.5, 0.6) is 0 Å². The van der Waals surface area contributed by atoms with Gasteiger partial charge in [0.15, 0.2) is 5.69 Å².